The van der Waals surface area contributed by atoms with Crippen LogP contribution in [0.1, 0.15) is 18.1 Å². The SMILES string of the molecule is CC1CN(S(=O)(=O)Cc2ccc(C#N)cc2)CC1C(=O)O. The van der Waals surface area contributed by atoms with E-state index in [2.05, 4.69) is 0 Å². The Morgan fingerprint density at radius 3 is 2.48 bits per heavy atom. The van der Waals surface area contributed by atoms with E-state index >= 15 is 0 Å². The summed E-state index contributed by atoms with van der Waals surface area (Å²) in [6.45, 7) is 2.00. The largest absolute Gasteiger partial charge is 0.481 e. The summed E-state index contributed by atoms with van der Waals surface area (Å²) in [6, 6.07) is 8.31. The third-order valence-corrected chi connectivity index (χ3v) is 5.50. The zero-order valence-corrected chi connectivity index (χ0v) is 12.4. The summed E-state index contributed by atoms with van der Waals surface area (Å²) in [5, 5.41) is 17.8. The monoisotopic (exact) mass is 308 g/mol. The molecule has 1 saturated heterocycles. The van der Waals surface area contributed by atoms with Crippen LogP contribution in [0.15, 0.2) is 24.3 Å². The van der Waals surface area contributed by atoms with E-state index in [1.165, 1.54) is 4.31 Å². The minimum atomic E-state index is -3.54. The van der Waals surface area contributed by atoms with Gasteiger partial charge in [-0.2, -0.15) is 5.26 Å². The maximum absolute atomic E-state index is 12.3. The number of carboxylic acids is 1. The summed E-state index contributed by atoms with van der Waals surface area (Å²) in [6.07, 6.45) is 0. The topological polar surface area (TPSA) is 98.5 Å². The first kappa shape index (κ1) is 15.5. The van der Waals surface area contributed by atoms with Gasteiger partial charge in [0.1, 0.15) is 0 Å². The maximum atomic E-state index is 12.3. The van der Waals surface area contributed by atoms with Gasteiger partial charge in [0.2, 0.25) is 10.0 Å². The average Bonchev–Trinajstić information content (AvgIpc) is 2.82. The molecule has 0 radical (unpaired) electrons. The molecule has 1 fully saturated rings. The normalized spacial score (nSPS) is 22.9. The number of hydrogen-bond donors (Lipinski definition) is 1. The standard InChI is InChI=1S/C14H16N2O4S/c1-10-7-16(8-13(10)14(17)18)21(19,20)9-12-4-2-11(6-15)3-5-12/h2-5,10,13H,7-9H2,1H3,(H,17,18). The Kier molecular flexibility index (Phi) is 4.30. The van der Waals surface area contributed by atoms with Gasteiger partial charge >= 0.3 is 5.97 Å². The van der Waals surface area contributed by atoms with Gasteiger partial charge in [0.15, 0.2) is 0 Å². The molecular formula is C14H16N2O4S. The number of hydrogen-bond acceptors (Lipinski definition) is 4. The molecule has 2 unspecified atom stereocenters. The van der Waals surface area contributed by atoms with Gasteiger partial charge in [-0.3, -0.25) is 4.79 Å². The second kappa shape index (κ2) is 5.84. The van der Waals surface area contributed by atoms with Crippen LogP contribution in [0.4, 0.5) is 0 Å². The molecule has 2 rings (SSSR count). The molecule has 0 aromatic heterocycles. The van der Waals surface area contributed by atoms with Gasteiger partial charge in [0, 0.05) is 13.1 Å². The predicted octanol–water partition coefficient (Wildman–Crippen LogP) is 1.04. The molecule has 0 aliphatic carbocycles. The van der Waals surface area contributed by atoms with Gasteiger partial charge in [0.05, 0.1) is 23.3 Å². The molecule has 0 bridgehead atoms. The van der Waals surface area contributed by atoms with Crippen LogP contribution in [-0.2, 0) is 20.6 Å². The third-order valence-electron chi connectivity index (χ3n) is 3.72. The molecule has 1 N–H and O–H groups in total. The highest BCUT2D eigenvalue weighted by atomic mass is 32.2. The first-order chi connectivity index (χ1) is 9.83. The lowest BCUT2D eigenvalue weighted by atomic mass is 9.99. The van der Waals surface area contributed by atoms with Crippen LogP contribution >= 0.6 is 0 Å². The highest BCUT2D eigenvalue weighted by Gasteiger charge is 2.39. The highest BCUT2D eigenvalue weighted by molar-refractivity contribution is 7.88. The van der Waals surface area contributed by atoms with Gasteiger partial charge < -0.3 is 5.11 Å². The van der Waals surface area contributed by atoms with E-state index in [1.807, 2.05) is 6.07 Å². The lowest BCUT2D eigenvalue weighted by Crippen LogP contribution is -2.31. The van der Waals surface area contributed by atoms with Crippen LogP contribution in [0.3, 0.4) is 0 Å². The van der Waals surface area contributed by atoms with Crippen molar-refractivity contribution >= 4 is 16.0 Å². The Morgan fingerprint density at radius 2 is 2.00 bits per heavy atom. The van der Waals surface area contributed by atoms with E-state index in [-0.39, 0.29) is 24.8 Å². The summed E-state index contributed by atoms with van der Waals surface area (Å²) in [5.74, 6) is -1.99. The summed E-state index contributed by atoms with van der Waals surface area (Å²) in [4.78, 5) is 11.1. The lowest BCUT2D eigenvalue weighted by Gasteiger charge is -2.16. The molecule has 6 nitrogen and oxygen atoms in total. The number of nitriles is 1. The molecule has 0 spiro atoms. The van der Waals surface area contributed by atoms with Gasteiger partial charge in [-0.1, -0.05) is 19.1 Å². The van der Waals surface area contributed by atoms with Crippen LogP contribution in [0.5, 0.6) is 0 Å². The van der Waals surface area contributed by atoms with Crippen molar-refractivity contribution in [1.82, 2.24) is 4.31 Å². The minimum absolute atomic E-state index is 0.0229. The molecule has 1 aliphatic heterocycles. The van der Waals surface area contributed by atoms with Gasteiger partial charge in [-0.05, 0) is 23.6 Å². The van der Waals surface area contributed by atoms with Crippen molar-refractivity contribution < 1.29 is 18.3 Å². The van der Waals surface area contributed by atoms with Crippen LogP contribution in [0.25, 0.3) is 0 Å². The van der Waals surface area contributed by atoms with Crippen molar-refractivity contribution in [3.8, 4) is 6.07 Å². The Labute approximate surface area is 123 Å². The molecular weight excluding hydrogens is 292 g/mol. The first-order valence-corrected chi connectivity index (χ1v) is 8.14. The minimum Gasteiger partial charge on any atom is -0.481 e. The molecule has 21 heavy (non-hydrogen) atoms. The van der Waals surface area contributed by atoms with Crippen molar-refractivity contribution in [3.05, 3.63) is 35.4 Å². The fraction of sp³-hybridized carbons (Fsp3) is 0.429. The third kappa shape index (κ3) is 3.40. The molecule has 1 aliphatic rings. The van der Waals surface area contributed by atoms with Crippen molar-refractivity contribution in [2.24, 2.45) is 11.8 Å². The second-order valence-electron chi connectivity index (χ2n) is 5.30. The van der Waals surface area contributed by atoms with E-state index in [0.29, 0.717) is 11.1 Å². The number of carbonyl (C=O) groups is 1. The molecule has 7 heteroatoms. The Morgan fingerprint density at radius 1 is 1.38 bits per heavy atom. The van der Waals surface area contributed by atoms with Crippen LogP contribution in [0.2, 0.25) is 0 Å². The summed E-state index contributed by atoms with van der Waals surface area (Å²) in [5.41, 5.74) is 1.05. The van der Waals surface area contributed by atoms with Crippen molar-refractivity contribution in [2.75, 3.05) is 13.1 Å². The number of carboxylic acid groups (broad SMARTS) is 1. The van der Waals surface area contributed by atoms with Crippen molar-refractivity contribution in [2.45, 2.75) is 12.7 Å². The Balaban J connectivity index is 2.12. The van der Waals surface area contributed by atoms with E-state index < -0.39 is 21.9 Å². The lowest BCUT2D eigenvalue weighted by molar-refractivity contribution is -0.142. The molecule has 2 atom stereocenters. The first-order valence-electron chi connectivity index (χ1n) is 6.53. The number of rotatable bonds is 4. The summed E-state index contributed by atoms with van der Waals surface area (Å²) < 4.78 is 25.9. The van der Waals surface area contributed by atoms with E-state index in [9.17, 15) is 13.2 Å². The average molecular weight is 308 g/mol. The van der Waals surface area contributed by atoms with Gasteiger partial charge in [0.25, 0.3) is 0 Å². The predicted molar refractivity (Wildman–Crippen MR) is 75.6 cm³/mol. The number of sulfonamides is 1. The van der Waals surface area contributed by atoms with Gasteiger partial charge in [-0.15, -0.1) is 0 Å². The van der Waals surface area contributed by atoms with E-state index in [0.717, 1.165) is 0 Å². The van der Waals surface area contributed by atoms with Gasteiger partial charge in [-0.25, -0.2) is 12.7 Å². The van der Waals surface area contributed by atoms with Crippen LogP contribution in [-0.4, -0.2) is 36.9 Å². The van der Waals surface area contributed by atoms with Crippen molar-refractivity contribution in [3.63, 3.8) is 0 Å². The molecule has 0 amide bonds. The maximum Gasteiger partial charge on any atom is 0.308 e. The molecule has 112 valence electrons. The van der Waals surface area contributed by atoms with Crippen molar-refractivity contribution in [1.29, 1.82) is 5.26 Å². The second-order valence-corrected chi connectivity index (χ2v) is 7.27. The molecule has 0 saturated carbocycles. The summed E-state index contributed by atoms with van der Waals surface area (Å²) in [7, 11) is -3.54. The zero-order valence-electron chi connectivity index (χ0n) is 11.6. The number of aliphatic carboxylic acids is 1. The Hall–Kier alpha value is -1.91. The molecule has 1 aromatic carbocycles. The fourth-order valence-electron chi connectivity index (χ4n) is 2.45. The molecule has 1 heterocycles. The summed E-state index contributed by atoms with van der Waals surface area (Å²) >= 11 is 0. The fourth-order valence-corrected chi connectivity index (χ4v) is 4.09. The van der Waals surface area contributed by atoms with Crippen LogP contribution in [0, 0.1) is 23.2 Å². The number of nitrogens with zero attached hydrogens (tertiary/aromatic N) is 2. The molecule has 1 aromatic rings. The van der Waals surface area contributed by atoms with E-state index in [1.54, 1.807) is 31.2 Å². The Bertz CT molecular complexity index is 676. The van der Waals surface area contributed by atoms with Crippen LogP contribution < -0.4 is 0 Å². The highest BCUT2D eigenvalue weighted by Crippen LogP contribution is 2.27. The smallest absolute Gasteiger partial charge is 0.308 e. The van der Waals surface area contributed by atoms with E-state index in [4.69, 9.17) is 10.4 Å². The number of benzene rings is 1. The zero-order chi connectivity index (χ0) is 15.6. The quantitative estimate of drug-likeness (QED) is 0.896.